The van der Waals surface area contributed by atoms with E-state index in [9.17, 15) is 9.59 Å². The maximum Gasteiger partial charge on any atom is 0.261 e. The Morgan fingerprint density at radius 2 is 1.60 bits per heavy atom. The predicted molar refractivity (Wildman–Crippen MR) is 114 cm³/mol. The topological polar surface area (TPSA) is 77.1 Å². The number of amides is 2. The van der Waals surface area contributed by atoms with E-state index in [1.807, 2.05) is 6.92 Å². The van der Waals surface area contributed by atoms with Gasteiger partial charge in [0.05, 0.1) is 20.8 Å². The zero-order chi connectivity index (χ0) is 21.5. The minimum Gasteiger partial charge on any atom is -0.496 e. The van der Waals surface area contributed by atoms with Gasteiger partial charge in [-0.25, -0.2) is 0 Å². The fraction of sp³-hybridized carbons (Fsp3) is 0.391. The van der Waals surface area contributed by atoms with Gasteiger partial charge in [-0.1, -0.05) is 6.07 Å². The van der Waals surface area contributed by atoms with Crippen molar-refractivity contribution in [2.45, 2.75) is 25.8 Å². The third kappa shape index (κ3) is 4.84. The monoisotopic (exact) mass is 412 g/mol. The lowest BCUT2D eigenvalue weighted by Crippen LogP contribution is -2.46. The summed E-state index contributed by atoms with van der Waals surface area (Å²) in [5.41, 5.74) is 1.02. The van der Waals surface area contributed by atoms with Crippen molar-refractivity contribution < 1.29 is 23.8 Å². The zero-order valence-corrected chi connectivity index (χ0v) is 17.6. The Balaban J connectivity index is 1.58. The first kappa shape index (κ1) is 21.5. The number of benzene rings is 2. The SMILES string of the molecule is CCOc1ccc(C(=O)NC2CCN(C(=O)c3c(OC)cccc3OC)CC2)cc1. The van der Waals surface area contributed by atoms with Crippen molar-refractivity contribution in [3.05, 3.63) is 53.6 Å². The highest BCUT2D eigenvalue weighted by Gasteiger charge is 2.28. The molecule has 2 aromatic rings. The van der Waals surface area contributed by atoms with E-state index < -0.39 is 0 Å². The third-order valence-electron chi connectivity index (χ3n) is 5.19. The molecule has 1 aliphatic heterocycles. The molecule has 2 amide bonds. The van der Waals surface area contributed by atoms with E-state index in [0.717, 1.165) is 5.75 Å². The molecule has 1 heterocycles. The first-order chi connectivity index (χ1) is 14.6. The molecule has 7 heteroatoms. The summed E-state index contributed by atoms with van der Waals surface area (Å²) in [5, 5.41) is 3.06. The van der Waals surface area contributed by atoms with Crippen LogP contribution in [-0.2, 0) is 0 Å². The quantitative estimate of drug-likeness (QED) is 0.756. The first-order valence-electron chi connectivity index (χ1n) is 10.1. The smallest absolute Gasteiger partial charge is 0.261 e. The van der Waals surface area contributed by atoms with E-state index in [4.69, 9.17) is 14.2 Å². The second-order valence-corrected chi connectivity index (χ2v) is 7.03. The second-order valence-electron chi connectivity index (χ2n) is 7.03. The van der Waals surface area contributed by atoms with E-state index in [1.165, 1.54) is 14.2 Å². The molecule has 0 spiro atoms. The molecular weight excluding hydrogens is 384 g/mol. The molecule has 0 saturated carbocycles. The van der Waals surface area contributed by atoms with Gasteiger partial charge in [-0.2, -0.15) is 0 Å². The summed E-state index contributed by atoms with van der Waals surface area (Å²) in [6.45, 7) is 3.60. The summed E-state index contributed by atoms with van der Waals surface area (Å²) in [4.78, 5) is 27.4. The van der Waals surface area contributed by atoms with Gasteiger partial charge >= 0.3 is 0 Å². The van der Waals surface area contributed by atoms with Gasteiger partial charge in [0.1, 0.15) is 22.8 Å². The van der Waals surface area contributed by atoms with Crippen LogP contribution in [-0.4, -0.2) is 56.7 Å². The van der Waals surface area contributed by atoms with Crippen LogP contribution < -0.4 is 19.5 Å². The minimum absolute atomic E-state index is 0.0210. The van der Waals surface area contributed by atoms with Gasteiger partial charge in [-0.05, 0) is 56.2 Å². The fourth-order valence-corrected chi connectivity index (χ4v) is 3.58. The summed E-state index contributed by atoms with van der Waals surface area (Å²) in [7, 11) is 3.07. The number of ether oxygens (including phenoxy) is 3. The third-order valence-corrected chi connectivity index (χ3v) is 5.19. The lowest BCUT2D eigenvalue weighted by molar-refractivity contribution is 0.0691. The number of carbonyl (C=O) groups is 2. The Morgan fingerprint density at radius 3 is 2.13 bits per heavy atom. The standard InChI is InChI=1S/C23H28N2O5/c1-4-30-18-10-8-16(9-11-18)22(26)24-17-12-14-25(15-13-17)23(27)21-19(28-2)6-5-7-20(21)29-3/h5-11,17H,4,12-15H2,1-3H3,(H,24,26). The van der Waals surface area contributed by atoms with Crippen molar-refractivity contribution in [1.29, 1.82) is 0 Å². The molecule has 160 valence electrons. The van der Waals surface area contributed by atoms with Crippen LogP contribution in [0.2, 0.25) is 0 Å². The van der Waals surface area contributed by atoms with Gasteiger partial charge in [0.2, 0.25) is 0 Å². The molecule has 2 aromatic carbocycles. The largest absolute Gasteiger partial charge is 0.496 e. The van der Waals surface area contributed by atoms with Gasteiger partial charge in [0, 0.05) is 24.7 Å². The molecule has 1 saturated heterocycles. The number of hydrogen-bond donors (Lipinski definition) is 1. The van der Waals surface area contributed by atoms with Crippen molar-refractivity contribution in [1.82, 2.24) is 10.2 Å². The number of nitrogens with zero attached hydrogens (tertiary/aromatic N) is 1. The van der Waals surface area contributed by atoms with Gasteiger partial charge in [0.15, 0.2) is 0 Å². The zero-order valence-electron chi connectivity index (χ0n) is 17.6. The molecule has 0 atom stereocenters. The van der Waals surface area contributed by atoms with Crippen molar-refractivity contribution in [2.24, 2.45) is 0 Å². The number of piperidine rings is 1. The number of rotatable bonds is 7. The van der Waals surface area contributed by atoms with Crippen LogP contribution in [0, 0.1) is 0 Å². The van der Waals surface area contributed by atoms with E-state index in [0.29, 0.717) is 55.2 Å². The summed E-state index contributed by atoms with van der Waals surface area (Å²) >= 11 is 0. The molecule has 3 rings (SSSR count). The lowest BCUT2D eigenvalue weighted by Gasteiger charge is -2.33. The van der Waals surface area contributed by atoms with Crippen molar-refractivity contribution >= 4 is 11.8 Å². The Kier molecular flexibility index (Phi) is 7.17. The molecule has 0 unspecified atom stereocenters. The highest BCUT2D eigenvalue weighted by molar-refractivity contribution is 6.00. The Labute approximate surface area is 176 Å². The lowest BCUT2D eigenvalue weighted by atomic mass is 10.0. The predicted octanol–water partition coefficient (Wildman–Crippen LogP) is 3.14. The minimum atomic E-state index is -0.124. The Bertz CT molecular complexity index is 851. The van der Waals surface area contributed by atoms with Crippen LogP contribution in [0.25, 0.3) is 0 Å². The molecule has 1 aliphatic rings. The summed E-state index contributed by atoms with van der Waals surface area (Å²) in [6.07, 6.45) is 1.37. The summed E-state index contributed by atoms with van der Waals surface area (Å²) in [6, 6.07) is 12.4. The van der Waals surface area contributed by atoms with E-state index in [2.05, 4.69) is 5.32 Å². The second kappa shape index (κ2) is 10.0. The molecule has 0 aliphatic carbocycles. The van der Waals surface area contributed by atoms with Crippen LogP contribution in [0.4, 0.5) is 0 Å². The summed E-state index contributed by atoms with van der Waals surface area (Å²) in [5.74, 6) is 1.48. The highest BCUT2D eigenvalue weighted by Crippen LogP contribution is 2.30. The van der Waals surface area contributed by atoms with Crippen molar-refractivity contribution in [2.75, 3.05) is 33.9 Å². The van der Waals surface area contributed by atoms with E-state index in [-0.39, 0.29) is 17.9 Å². The number of likely N-dealkylation sites (tertiary alicyclic amines) is 1. The molecule has 1 N–H and O–H groups in total. The molecule has 1 fully saturated rings. The van der Waals surface area contributed by atoms with Crippen LogP contribution in [0.3, 0.4) is 0 Å². The normalized spacial score (nSPS) is 14.2. The van der Waals surface area contributed by atoms with Crippen LogP contribution in [0.1, 0.15) is 40.5 Å². The Morgan fingerprint density at radius 1 is 1.00 bits per heavy atom. The average Bonchev–Trinajstić information content (AvgIpc) is 2.79. The van der Waals surface area contributed by atoms with E-state index in [1.54, 1.807) is 47.4 Å². The van der Waals surface area contributed by atoms with Crippen LogP contribution >= 0.6 is 0 Å². The van der Waals surface area contributed by atoms with Gasteiger partial charge in [-0.3, -0.25) is 9.59 Å². The average molecular weight is 412 g/mol. The van der Waals surface area contributed by atoms with Gasteiger partial charge in [-0.15, -0.1) is 0 Å². The molecule has 7 nitrogen and oxygen atoms in total. The van der Waals surface area contributed by atoms with Crippen molar-refractivity contribution in [3.8, 4) is 17.2 Å². The maximum absolute atomic E-state index is 13.1. The summed E-state index contributed by atoms with van der Waals surface area (Å²) < 4.78 is 16.1. The molecule has 0 aromatic heterocycles. The molecule has 0 radical (unpaired) electrons. The number of nitrogens with one attached hydrogen (secondary N) is 1. The van der Waals surface area contributed by atoms with Gasteiger partial charge in [0.25, 0.3) is 11.8 Å². The number of carbonyl (C=O) groups excluding carboxylic acids is 2. The Hall–Kier alpha value is -3.22. The number of hydrogen-bond acceptors (Lipinski definition) is 5. The molecular formula is C23H28N2O5. The first-order valence-corrected chi connectivity index (χ1v) is 10.1. The molecule has 0 bridgehead atoms. The highest BCUT2D eigenvalue weighted by atomic mass is 16.5. The number of methoxy groups -OCH3 is 2. The fourth-order valence-electron chi connectivity index (χ4n) is 3.58. The van der Waals surface area contributed by atoms with Crippen molar-refractivity contribution in [3.63, 3.8) is 0 Å². The molecule has 30 heavy (non-hydrogen) atoms. The van der Waals surface area contributed by atoms with Crippen LogP contribution in [0.15, 0.2) is 42.5 Å². The maximum atomic E-state index is 13.1. The van der Waals surface area contributed by atoms with Crippen LogP contribution in [0.5, 0.6) is 17.2 Å². The van der Waals surface area contributed by atoms with Gasteiger partial charge < -0.3 is 24.4 Å². The van der Waals surface area contributed by atoms with E-state index >= 15 is 0 Å².